The SMILES string of the molecule is CC1CCCCN1S(=O)(=O)c1cnn(-c2ccccc2)c1. The van der Waals surface area contributed by atoms with Gasteiger partial charge in [0.1, 0.15) is 4.90 Å². The summed E-state index contributed by atoms with van der Waals surface area (Å²) in [5.74, 6) is 0. The molecular formula is C15H19N3O2S. The van der Waals surface area contributed by atoms with Crippen molar-refractivity contribution < 1.29 is 8.42 Å². The van der Waals surface area contributed by atoms with Crippen molar-refractivity contribution in [1.29, 1.82) is 0 Å². The van der Waals surface area contributed by atoms with Crippen molar-refractivity contribution in [3.8, 4) is 5.69 Å². The number of hydrogen-bond donors (Lipinski definition) is 0. The van der Waals surface area contributed by atoms with Gasteiger partial charge in [-0.3, -0.25) is 0 Å². The minimum absolute atomic E-state index is 0.0591. The highest BCUT2D eigenvalue weighted by Gasteiger charge is 2.31. The maximum atomic E-state index is 12.7. The first-order valence-electron chi connectivity index (χ1n) is 7.21. The smallest absolute Gasteiger partial charge is 0.240 e. The van der Waals surface area contributed by atoms with E-state index in [0.717, 1.165) is 24.9 Å². The van der Waals surface area contributed by atoms with Crippen molar-refractivity contribution >= 4 is 10.0 Å². The molecule has 0 aliphatic carbocycles. The molecule has 0 spiro atoms. The molecule has 1 saturated heterocycles. The average molecular weight is 305 g/mol. The lowest BCUT2D eigenvalue weighted by molar-refractivity contribution is 0.268. The molecule has 0 bridgehead atoms. The van der Waals surface area contributed by atoms with Gasteiger partial charge >= 0.3 is 0 Å². The first-order chi connectivity index (χ1) is 10.1. The standard InChI is InChI=1S/C15H19N3O2S/c1-13-7-5-6-10-18(13)21(19,20)15-11-16-17(12-15)14-8-3-2-4-9-14/h2-4,8-9,11-13H,5-7,10H2,1H3. The largest absolute Gasteiger partial charge is 0.246 e. The number of hydrogen-bond acceptors (Lipinski definition) is 3. The van der Waals surface area contributed by atoms with Crippen LogP contribution in [0.15, 0.2) is 47.6 Å². The van der Waals surface area contributed by atoms with Gasteiger partial charge in [-0.1, -0.05) is 24.6 Å². The quantitative estimate of drug-likeness (QED) is 0.875. The zero-order chi connectivity index (χ0) is 14.9. The summed E-state index contributed by atoms with van der Waals surface area (Å²) in [6, 6.07) is 9.57. The molecule has 0 amide bonds. The van der Waals surface area contributed by atoms with Crippen LogP contribution in [0.25, 0.3) is 5.69 Å². The van der Waals surface area contributed by atoms with E-state index in [2.05, 4.69) is 5.10 Å². The van der Waals surface area contributed by atoms with Crippen LogP contribution in [0.3, 0.4) is 0 Å². The van der Waals surface area contributed by atoms with Gasteiger partial charge in [-0.15, -0.1) is 0 Å². The molecule has 1 aromatic heterocycles. The third-order valence-corrected chi connectivity index (χ3v) is 5.89. The topological polar surface area (TPSA) is 55.2 Å². The van der Waals surface area contributed by atoms with Gasteiger partial charge in [0.15, 0.2) is 0 Å². The predicted octanol–water partition coefficient (Wildman–Crippen LogP) is 2.44. The van der Waals surface area contributed by atoms with Crippen molar-refractivity contribution in [1.82, 2.24) is 14.1 Å². The first kappa shape index (κ1) is 14.3. The summed E-state index contributed by atoms with van der Waals surface area (Å²) in [4.78, 5) is 0.264. The monoisotopic (exact) mass is 305 g/mol. The molecule has 0 radical (unpaired) electrons. The third-order valence-electron chi connectivity index (χ3n) is 3.93. The molecule has 5 nitrogen and oxygen atoms in total. The van der Waals surface area contributed by atoms with Gasteiger partial charge in [-0.25, -0.2) is 13.1 Å². The Hall–Kier alpha value is -1.66. The van der Waals surface area contributed by atoms with Gasteiger partial charge in [0.05, 0.1) is 18.1 Å². The molecule has 1 aromatic carbocycles. The minimum atomic E-state index is -3.45. The minimum Gasteiger partial charge on any atom is -0.240 e. The number of benzene rings is 1. The van der Waals surface area contributed by atoms with E-state index in [9.17, 15) is 8.42 Å². The van der Waals surface area contributed by atoms with Gasteiger partial charge in [0.25, 0.3) is 0 Å². The average Bonchev–Trinajstić information content (AvgIpc) is 2.99. The maximum Gasteiger partial charge on any atom is 0.246 e. The summed E-state index contributed by atoms with van der Waals surface area (Å²) in [6.45, 7) is 2.57. The van der Waals surface area contributed by atoms with E-state index in [1.165, 1.54) is 6.20 Å². The summed E-state index contributed by atoms with van der Waals surface area (Å²) in [6.07, 6.45) is 5.97. The molecule has 112 valence electrons. The summed E-state index contributed by atoms with van der Waals surface area (Å²) in [7, 11) is -3.45. The van der Waals surface area contributed by atoms with Crippen LogP contribution in [-0.4, -0.2) is 35.1 Å². The van der Waals surface area contributed by atoms with E-state index in [-0.39, 0.29) is 10.9 Å². The Morgan fingerprint density at radius 1 is 1.19 bits per heavy atom. The van der Waals surface area contributed by atoms with Gasteiger partial charge in [0, 0.05) is 12.6 Å². The van der Waals surface area contributed by atoms with E-state index in [1.807, 2.05) is 37.3 Å². The molecule has 0 saturated carbocycles. The lowest BCUT2D eigenvalue weighted by Crippen LogP contribution is -2.41. The van der Waals surface area contributed by atoms with Crippen LogP contribution in [0.5, 0.6) is 0 Å². The third kappa shape index (κ3) is 2.73. The summed E-state index contributed by atoms with van der Waals surface area (Å²) >= 11 is 0. The van der Waals surface area contributed by atoms with Gasteiger partial charge in [-0.2, -0.15) is 9.40 Å². The Morgan fingerprint density at radius 2 is 1.95 bits per heavy atom. The molecule has 1 aliphatic heterocycles. The van der Waals surface area contributed by atoms with Crippen LogP contribution in [0.2, 0.25) is 0 Å². The molecule has 1 unspecified atom stereocenters. The lowest BCUT2D eigenvalue weighted by atomic mass is 10.1. The maximum absolute atomic E-state index is 12.7. The van der Waals surface area contributed by atoms with Crippen LogP contribution in [0, 0.1) is 0 Å². The molecule has 1 atom stereocenters. The van der Waals surface area contributed by atoms with E-state index < -0.39 is 10.0 Å². The summed E-state index contributed by atoms with van der Waals surface area (Å²) in [5, 5.41) is 4.18. The first-order valence-corrected chi connectivity index (χ1v) is 8.65. The van der Waals surface area contributed by atoms with Crippen molar-refractivity contribution in [2.24, 2.45) is 0 Å². The molecule has 3 rings (SSSR count). The van der Waals surface area contributed by atoms with Gasteiger partial charge in [-0.05, 0) is 31.9 Å². The molecular weight excluding hydrogens is 286 g/mol. The molecule has 0 N–H and O–H groups in total. The number of aromatic nitrogens is 2. The second-order valence-electron chi connectivity index (χ2n) is 5.42. The second kappa shape index (κ2) is 5.61. The zero-order valence-corrected chi connectivity index (χ0v) is 12.8. The Labute approximate surface area is 125 Å². The van der Waals surface area contributed by atoms with Gasteiger partial charge in [0.2, 0.25) is 10.0 Å². The van der Waals surface area contributed by atoms with E-state index >= 15 is 0 Å². The second-order valence-corrected chi connectivity index (χ2v) is 7.31. The summed E-state index contributed by atoms with van der Waals surface area (Å²) in [5.41, 5.74) is 0.852. The van der Waals surface area contributed by atoms with Crippen molar-refractivity contribution in [2.45, 2.75) is 37.1 Å². The molecule has 6 heteroatoms. The highest BCUT2D eigenvalue weighted by Crippen LogP contribution is 2.25. The molecule has 2 heterocycles. The molecule has 1 aliphatic rings. The van der Waals surface area contributed by atoms with E-state index in [0.29, 0.717) is 6.54 Å². The fraction of sp³-hybridized carbons (Fsp3) is 0.400. The Balaban J connectivity index is 1.92. The molecule has 2 aromatic rings. The Bertz CT molecular complexity index is 710. The van der Waals surface area contributed by atoms with E-state index in [1.54, 1.807) is 15.2 Å². The number of para-hydroxylation sites is 1. The van der Waals surface area contributed by atoms with E-state index in [4.69, 9.17) is 0 Å². The Morgan fingerprint density at radius 3 is 2.67 bits per heavy atom. The Kier molecular flexibility index (Phi) is 3.82. The number of rotatable bonds is 3. The predicted molar refractivity (Wildman–Crippen MR) is 80.8 cm³/mol. The van der Waals surface area contributed by atoms with Crippen molar-refractivity contribution in [3.63, 3.8) is 0 Å². The van der Waals surface area contributed by atoms with Gasteiger partial charge < -0.3 is 0 Å². The fourth-order valence-electron chi connectivity index (χ4n) is 2.73. The van der Waals surface area contributed by atoms with Crippen LogP contribution in [-0.2, 0) is 10.0 Å². The zero-order valence-electron chi connectivity index (χ0n) is 12.0. The van der Waals surface area contributed by atoms with Crippen LogP contribution < -0.4 is 0 Å². The number of sulfonamides is 1. The fourth-order valence-corrected chi connectivity index (χ4v) is 4.36. The van der Waals surface area contributed by atoms with Crippen LogP contribution >= 0.6 is 0 Å². The van der Waals surface area contributed by atoms with Crippen molar-refractivity contribution in [3.05, 3.63) is 42.7 Å². The van der Waals surface area contributed by atoms with Crippen molar-refractivity contribution in [2.75, 3.05) is 6.54 Å². The molecule has 21 heavy (non-hydrogen) atoms. The normalized spacial score (nSPS) is 20.5. The van der Waals surface area contributed by atoms with Crippen LogP contribution in [0.4, 0.5) is 0 Å². The molecule has 1 fully saturated rings. The lowest BCUT2D eigenvalue weighted by Gasteiger charge is -2.31. The summed E-state index contributed by atoms with van der Waals surface area (Å²) < 4.78 is 28.6. The highest BCUT2D eigenvalue weighted by atomic mass is 32.2. The number of piperidine rings is 1. The number of nitrogens with zero attached hydrogens (tertiary/aromatic N) is 3. The highest BCUT2D eigenvalue weighted by molar-refractivity contribution is 7.89. The van der Waals surface area contributed by atoms with Crippen LogP contribution in [0.1, 0.15) is 26.2 Å².